The fraction of sp³-hybridized carbons (Fsp3) is 0.857. The number of amides is 2. The average molecular weight is 268 g/mol. The molecule has 2 rings (SSSR count). The summed E-state index contributed by atoms with van der Waals surface area (Å²) >= 11 is 0. The van der Waals surface area contributed by atoms with Crippen LogP contribution in [0.1, 0.15) is 46.0 Å². The molecule has 2 amide bonds. The molecule has 0 aromatic carbocycles. The van der Waals surface area contributed by atoms with Gasteiger partial charge in [0.25, 0.3) is 0 Å². The molecule has 0 aromatic heterocycles. The smallest absolute Gasteiger partial charge is 0.248 e. The van der Waals surface area contributed by atoms with Gasteiger partial charge in [-0.3, -0.25) is 9.59 Å². The van der Waals surface area contributed by atoms with E-state index in [2.05, 4.69) is 5.32 Å². The fourth-order valence-corrected chi connectivity index (χ4v) is 2.99. The van der Waals surface area contributed by atoms with Gasteiger partial charge in [0.05, 0.1) is 12.6 Å². The van der Waals surface area contributed by atoms with Crippen LogP contribution in [0.15, 0.2) is 0 Å². The minimum Gasteiger partial charge on any atom is -0.378 e. The van der Waals surface area contributed by atoms with E-state index in [1.165, 1.54) is 0 Å². The van der Waals surface area contributed by atoms with E-state index in [1.54, 1.807) is 4.90 Å². The average Bonchev–Trinajstić information content (AvgIpc) is 2.92. The highest BCUT2D eigenvalue weighted by Gasteiger charge is 2.43. The summed E-state index contributed by atoms with van der Waals surface area (Å²) in [5.41, 5.74) is -0.689. The Hall–Kier alpha value is -1.10. The molecule has 0 radical (unpaired) electrons. The van der Waals surface area contributed by atoms with Gasteiger partial charge in [-0.15, -0.1) is 0 Å². The van der Waals surface area contributed by atoms with Gasteiger partial charge in [-0.1, -0.05) is 13.8 Å². The molecule has 19 heavy (non-hydrogen) atoms. The van der Waals surface area contributed by atoms with E-state index in [0.717, 1.165) is 25.9 Å². The molecule has 2 aliphatic rings. The summed E-state index contributed by atoms with van der Waals surface area (Å²) in [6, 6.07) is 0. The number of hydrogen-bond acceptors (Lipinski definition) is 3. The molecule has 5 nitrogen and oxygen atoms in total. The molecule has 1 unspecified atom stereocenters. The van der Waals surface area contributed by atoms with E-state index in [4.69, 9.17) is 4.74 Å². The number of hydrogen-bond donors (Lipinski definition) is 1. The maximum Gasteiger partial charge on any atom is 0.248 e. The zero-order valence-electron chi connectivity index (χ0n) is 11.9. The zero-order chi connectivity index (χ0) is 13.9. The van der Waals surface area contributed by atoms with Crippen LogP contribution in [0.4, 0.5) is 0 Å². The summed E-state index contributed by atoms with van der Waals surface area (Å²) in [6.07, 6.45) is 4.56. The van der Waals surface area contributed by atoms with Crippen LogP contribution < -0.4 is 5.32 Å². The molecule has 5 heteroatoms. The molecular weight excluding hydrogens is 244 g/mol. The summed E-state index contributed by atoms with van der Waals surface area (Å²) in [6.45, 7) is 5.54. The summed E-state index contributed by atoms with van der Waals surface area (Å²) in [5.74, 6) is 0.0192. The molecule has 2 aliphatic heterocycles. The monoisotopic (exact) mass is 268 g/mol. The molecule has 0 bridgehead atoms. The number of rotatable bonds is 5. The molecule has 0 spiro atoms. The Labute approximate surface area is 114 Å². The third kappa shape index (κ3) is 2.91. The van der Waals surface area contributed by atoms with Gasteiger partial charge >= 0.3 is 0 Å². The third-order valence-corrected chi connectivity index (χ3v) is 4.36. The Morgan fingerprint density at radius 1 is 1.37 bits per heavy atom. The minimum atomic E-state index is -0.689. The predicted molar refractivity (Wildman–Crippen MR) is 71.6 cm³/mol. The van der Waals surface area contributed by atoms with E-state index < -0.39 is 5.54 Å². The van der Waals surface area contributed by atoms with Crippen molar-refractivity contribution < 1.29 is 14.3 Å². The first kappa shape index (κ1) is 14.3. The SMILES string of the molecule is CCC1(CC)NC(=O)CN(CCC2CCCO2)C1=O. The first-order valence-corrected chi connectivity index (χ1v) is 7.33. The van der Waals surface area contributed by atoms with Gasteiger partial charge in [-0.2, -0.15) is 0 Å². The molecule has 2 fully saturated rings. The lowest BCUT2D eigenvalue weighted by Crippen LogP contribution is -2.66. The van der Waals surface area contributed by atoms with Gasteiger partial charge in [0.1, 0.15) is 5.54 Å². The highest BCUT2D eigenvalue weighted by molar-refractivity contribution is 5.97. The molecule has 1 atom stereocenters. The second kappa shape index (κ2) is 5.90. The molecular formula is C14H24N2O3. The van der Waals surface area contributed by atoms with E-state index in [1.807, 2.05) is 13.8 Å². The number of piperazine rings is 1. The topological polar surface area (TPSA) is 58.6 Å². The predicted octanol–water partition coefficient (Wildman–Crippen LogP) is 1.07. The van der Waals surface area contributed by atoms with Gasteiger partial charge in [-0.05, 0) is 32.1 Å². The Morgan fingerprint density at radius 3 is 2.68 bits per heavy atom. The van der Waals surface area contributed by atoms with Gasteiger partial charge < -0.3 is 15.0 Å². The standard InChI is InChI=1S/C14H24N2O3/c1-3-14(4-2)13(18)16(10-12(17)15-14)8-7-11-6-5-9-19-11/h11H,3-10H2,1-2H3,(H,15,17). The summed E-state index contributed by atoms with van der Waals surface area (Å²) in [5, 5.41) is 2.88. The van der Waals surface area contributed by atoms with Crippen molar-refractivity contribution in [3.8, 4) is 0 Å². The maximum absolute atomic E-state index is 12.5. The summed E-state index contributed by atoms with van der Waals surface area (Å²) in [7, 11) is 0. The van der Waals surface area contributed by atoms with Crippen molar-refractivity contribution in [2.24, 2.45) is 0 Å². The number of nitrogens with one attached hydrogen (secondary N) is 1. The highest BCUT2D eigenvalue weighted by atomic mass is 16.5. The van der Waals surface area contributed by atoms with Crippen molar-refractivity contribution in [3.63, 3.8) is 0 Å². The number of nitrogens with zero attached hydrogens (tertiary/aromatic N) is 1. The van der Waals surface area contributed by atoms with Crippen LogP contribution >= 0.6 is 0 Å². The molecule has 108 valence electrons. The normalized spacial score (nSPS) is 26.6. The van der Waals surface area contributed by atoms with E-state index in [9.17, 15) is 9.59 Å². The van der Waals surface area contributed by atoms with Crippen molar-refractivity contribution in [3.05, 3.63) is 0 Å². The third-order valence-electron chi connectivity index (χ3n) is 4.36. The lowest BCUT2D eigenvalue weighted by Gasteiger charge is -2.41. The van der Waals surface area contributed by atoms with Crippen LogP contribution in [0.3, 0.4) is 0 Å². The van der Waals surface area contributed by atoms with Gasteiger partial charge in [0.2, 0.25) is 11.8 Å². The second-order valence-electron chi connectivity index (χ2n) is 5.49. The molecule has 0 saturated carbocycles. The van der Waals surface area contributed by atoms with E-state index >= 15 is 0 Å². The Kier molecular flexibility index (Phi) is 4.45. The summed E-state index contributed by atoms with van der Waals surface area (Å²) < 4.78 is 5.57. The van der Waals surface area contributed by atoms with Gasteiger partial charge in [-0.25, -0.2) is 0 Å². The Morgan fingerprint density at radius 2 is 2.11 bits per heavy atom. The molecule has 0 aromatic rings. The van der Waals surface area contributed by atoms with E-state index in [0.29, 0.717) is 19.4 Å². The second-order valence-corrected chi connectivity index (χ2v) is 5.49. The van der Waals surface area contributed by atoms with Gasteiger partial charge in [0, 0.05) is 13.2 Å². The minimum absolute atomic E-state index is 0.0457. The first-order chi connectivity index (χ1) is 9.11. The lowest BCUT2D eigenvalue weighted by molar-refractivity contribution is -0.150. The van der Waals surface area contributed by atoms with E-state index in [-0.39, 0.29) is 24.5 Å². The molecule has 2 heterocycles. The Balaban J connectivity index is 1.98. The number of carbonyl (C=O) groups is 2. The number of carbonyl (C=O) groups excluding carboxylic acids is 2. The fourth-order valence-electron chi connectivity index (χ4n) is 2.99. The number of ether oxygens (including phenoxy) is 1. The zero-order valence-corrected chi connectivity index (χ0v) is 11.9. The largest absolute Gasteiger partial charge is 0.378 e. The van der Waals surface area contributed by atoms with Crippen LogP contribution in [0.25, 0.3) is 0 Å². The highest BCUT2D eigenvalue weighted by Crippen LogP contribution is 2.23. The van der Waals surface area contributed by atoms with Gasteiger partial charge in [0.15, 0.2) is 0 Å². The van der Waals surface area contributed by atoms with Crippen molar-refractivity contribution in [2.75, 3.05) is 19.7 Å². The van der Waals surface area contributed by atoms with Crippen LogP contribution in [0.2, 0.25) is 0 Å². The molecule has 2 saturated heterocycles. The summed E-state index contributed by atoms with van der Waals surface area (Å²) in [4.78, 5) is 26.0. The molecule has 1 N–H and O–H groups in total. The van der Waals surface area contributed by atoms with Crippen LogP contribution in [-0.2, 0) is 14.3 Å². The van der Waals surface area contributed by atoms with Crippen molar-refractivity contribution in [1.29, 1.82) is 0 Å². The Bertz CT molecular complexity index is 347. The van der Waals surface area contributed by atoms with Crippen molar-refractivity contribution in [1.82, 2.24) is 10.2 Å². The first-order valence-electron chi connectivity index (χ1n) is 7.33. The maximum atomic E-state index is 12.5. The molecule has 0 aliphatic carbocycles. The lowest BCUT2D eigenvalue weighted by atomic mass is 9.89. The van der Waals surface area contributed by atoms with Crippen molar-refractivity contribution in [2.45, 2.75) is 57.6 Å². The van der Waals surface area contributed by atoms with Crippen molar-refractivity contribution >= 4 is 11.8 Å². The quantitative estimate of drug-likeness (QED) is 0.811. The van der Waals surface area contributed by atoms with Crippen LogP contribution in [0.5, 0.6) is 0 Å². The van der Waals surface area contributed by atoms with Crippen LogP contribution in [0, 0.1) is 0 Å². The van der Waals surface area contributed by atoms with Crippen LogP contribution in [-0.4, -0.2) is 48.1 Å².